The van der Waals surface area contributed by atoms with E-state index in [1.807, 2.05) is 0 Å². The van der Waals surface area contributed by atoms with Crippen molar-refractivity contribution in [3.8, 4) is 5.75 Å². The fraction of sp³-hybridized carbons (Fsp3) is 0.619. The largest absolute Gasteiger partial charge is 0.487 e. The van der Waals surface area contributed by atoms with E-state index in [2.05, 4.69) is 65.0 Å². The molecule has 0 saturated carbocycles. The third kappa shape index (κ3) is 3.33. The summed E-state index contributed by atoms with van der Waals surface area (Å²) in [6.07, 6.45) is 5.73. The number of para-hydroxylation sites is 1. The summed E-state index contributed by atoms with van der Waals surface area (Å²) in [7, 11) is 0. The van der Waals surface area contributed by atoms with Gasteiger partial charge < -0.3 is 9.47 Å². The van der Waals surface area contributed by atoms with Gasteiger partial charge in [-0.25, -0.2) is 0 Å². The van der Waals surface area contributed by atoms with E-state index < -0.39 is 0 Å². The number of benzene rings is 1. The van der Waals surface area contributed by atoms with Crippen LogP contribution in [0.5, 0.6) is 5.75 Å². The highest BCUT2D eigenvalue weighted by Gasteiger charge is 2.51. The van der Waals surface area contributed by atoms with Gasteiger partial charge in [0.1, 0.15) is 11.4 Å². The van der Waals surface area contributed by atoms with E-state index in [1.54, 1.807) is 0 Å². The maximum atomic E-state index is 6.55. The summed E-state index contributed by atoms with van der Waals surface area (Å²) in [6.45, 7) is 12.0. The lowest BCUT2D eigenvalue weighted by Gasteiger charge is -2.52. The Bertz CT molecular complexity index is 598. The van der Waals surface area contributed by atoms with Crippen LogP contribution in [0.4, 0.5) is 0 Å². The molecule has 1 saturated heterocycles. The van der Waals surface area contributed by atoms with Crippen molar-refractivity contribution >= 4 is 0 Å². The van der Waals surface area contributed by atoms with Gasteiger partial charge >= 0.3 is 0 Å². The maximum absolute atomic E-state index is 6.55. The number of rotatable bonds is 3. The van der Waals surface area contributed by atoms with Gasteiger partial charge in [-0.3, -0.25) is 0 Å². The Balaban J connectivity index is 1.93. The van der Waals surface area contributed by atoms with Gasteiger partial charge in [0.15, 0.2) is 0 Å². The Kier molecular flexibility index (Phi) is 4.31. The van der Waals surface area contributed by atoms with Crippen LogP contribution in [0.15, 0.2) is 35.9 Å². The molecule has 3 atom stereocenters. The Morgan fingerprint density at radius 3 is 2.70 bits per heavy atom. The monoisotopic (exact) mass is 314 g/mol. The number of hydrogen-bond donors (Lipinski definition) is 0. The number of fused-ring (bicyclic) bond motifs is 3. The molecule has 2 aliphatic heterocycles. The summed E-state index contributed by atoms with van der Waals surface area (Å²) < 4.78 is 12.9. The maximum Gasteiger partial charge on any atom is 0.125 e. The molecule has 2 heteroatoms. The summed E-state index contributed by atoms with van der Waals surface area (Å²) in [5, 5.41) is 0. The van der Waals surface area contributed by atoms with Gasteiger partial charge in [-0.05, 0) is 51.5 Å². The second-order valence-corrected chi connectivity index (χ2v) is 8.48. The average molecular weight is 314 g/mol. The molecule has 0 N–H and O–H groups in total. The molecule has 2 heterocycles. The van der Waals surface area contributed by atoms with Gasteiger partial charge in [0.05, 0.1) is 12.7 Å². The molecule has 23 heavy (non-hydrogen) atoms. The fourth-order valence-corrected chi connectivity index (χ4v) is 4.05. The van der Waals surface area contributed by atoms with Crippen LogP contribution in [0.3, 0.4) is 0 Å². The summed E-state index contributed by atoms with van der Waals surface area (Å²) >= 11 is 0. The molecule has 0 bridgehead atoms. The molecule has 0 unspecified atom stereocenters. The highest BCUT2D eigenvalue weighted by molar-refractivity contribution is 5.39. The third-order valence-electron chi connectivity index (χ3n) is 5.34. The van der Waals surface area contributed by atoms with Crippen molar-refractivity contribution < 1.29 is 9.47 Å². The molecular weight excluding hydrogens is 284 g/mol. The average Bonchev–Trinajstić information content (AvgIpc) is 2.46. The van der Waals surface area contributed by atoms with Crippen molar-refractivity contribution in [1.29, 1.82) is 0 Å². The minimum atomic E-state index is -0.164. The lowest BCUT2D eigenvalue weighted by atomic mass is 9.67. The van der Waals surface area contributed by atoms with Crippen molar-refractivity contribution in [3.05, 3.63) is 41.5 Å². The van der Waals surface area contributed by atoms with E-state index in [0.29, 0.717) is 5.92 Å². The van der Waals surface area contributed by atoms with Gasteiger partial charge in [0.25, 0.3) is 0 Å². The third-order valence-corrected chi connectivity index (χ3v) is 5.34. The highest BCUT2D eigenvalue weighted by Crippen LogP contribution is 2.54. The zero-order valence-electron chi connectivity index (χ0n) is 15.2. The molecule has 0 aromatic heterocycles. The Morgan fingerprint density at radius 2 is 1.96 bits per heavy atom. The highest BCUT2D eigenvalue weighted by atomic mass is 16.5. The molecule has 1 aromatic carbocycles. The molecule has 2 nitrogen and oxygen atoms in total. The van der Waals surface area contributed by atoms with Gasteiger partial charge in [-0.15, -0.1) is 0 Å². The fourth-order valence-electron chi connectivity index (χ4n) is 4.05. The zero-order chi connectivity index (χ0) is 16.7. The summed E-state index contributed by atoms with van der Waals surface area (Å²) in [6, 6.07) is 8.41. The smallest absolute Gasteiger partial charge is 0.125 e. The quantitative estimate of drug-likeness (QED) is 0.667. The van der Waals surface area contributed by atoms with Gasteiger partial charge in [-0.1, -0.05) is 43.7 Å². The van der Waals surface area contributed by atoms with Crippen molar-refractivity contribution in [2.45, 2.75) is 65.6 Å². The SMILES string of the molecule is CC(C)=CCC[C@]1(C)Oc2ccccc2[C@@H]2OCC(C)(C)C[C@H]21. The second-order valence-electron chi connectivity index (χ2n) is 8.48. The molecule has 0 amide bonds. The predicted molar refractivity (Wildman–Crippen MR) is 94.7 cm³/mol. The normalized spacial score (nSPS) is 31.5. The van der Waals surface area contributed by atoms with Crippen LogP contribution in [0, 0.1) is 11.3 Å². The molecule has 0 aliphatic carbocycles. The predicted octanol–water partition coefficient (Wildman–Crippen LogP) is 5.69. The van der Waals surface area contributed by atoms with Gasteiger partial charge in [0, 0.05) is 11.5 Å². The van der Waals surface area contributed by atoms with Crippen molar-refractivity contribution in [3.63, 3.8) is 0 Å². The first-order valence-electron chi connectivity index (χ1n) is 8.84. The topological polar surface area (TPSA) is 18.5 Å². The van der Waals surface area contributed by atoms with Crippen molar-refractivity contribution in [2.24, 2.45) is 11.3 Å². The Morgan fingerprint density at radius 1 is 1.22 bits per heavy atom. The molecule has 1 aromatic rings. The summed E-state index contributed by atoms with van der Waals surface area (Å²) in [5.74, 6) is 1.42. The van der Waals surface area contributed by atoms with Crippen LogP contribution in [0.25, 0.3) is 0 Å². The lowest BCUT2D eigenvalue weighted by Crippen LogP contribution is -2.52. The molecule has 2 aliphatic rings. The van der Waals surface area contributed by atoms with Crippen LogP contribution in [0.1, 0.15) is 65.5 Å². The van der Waals surface area contributed by atoms with E-state index in [4.69, 9.17) is 9.47 Å². The Hall–Kier alpha value is -1.28. The van der Waals surface area contributed by atoms with E-state index in [-0.39, 0.29) is 17.1 Å². The van der Waals surface area contributed by atoms with Crippen LogP contribution in [-0.4, -0.2) is 12.2 Å². The van der Waals surface area contributed by atoms with E-state index in [1.165, 1.54) is 11.1 Å². The lowest BCUT2D eigenvalue weighted by molar-refractivity contribution is -0.162. The molecule has 0 spiro atoms. The summed E-state index contributed by atoms with van der Waals surface area (Å²) in [4.78, 5) is 0. The van der Waals surface area contributed by atoms with E-state index >= 15 is 0 Å². The van der Waals surface area contributed by atoms with Crippen LogP contribution in [-0.2, 0) is 4.74 Å². The van der Waals surface area contributed by atoms with Crippen molar-refractivity contribution in [2.75, 3.05) is 6.61 Å². The molecular formula is C21H30O2. The zero-order valence-corrected chi connectivity index (χ0v) is 15.2. The number of allylic oxidation sites excluding steroid dienone is 2. The first kappa shape index (κ1) is 16.6. The Labute approximate surface area is 140 Å². The number of ether oxygens (including phenoxy) is 2. The standard InChI is InChI=1S/C21H30O2/c1-15(2)9-8-12-21(5)17-13-20(3,4)14-22-19(17)16-10-6-7-11-18(16)23-21/h6-7,9-11,17,19H,8,12-14H2,1-5H3/t17-,19+,21+/m1/s1. The van der Waals surface area contributed by atoms with E-state index in [9.17, 15) is 0 Å². The summed E-state index contributed by atoms with van der Waals surface area (Å²) in [5.41, 5.74) is 2.66. The first-order valence-corrected chi connectivity index (χ1v) is 8.84. The molecule has 126 valence electrons. The van der Waals surface area contributed by atoms with Gasteiger partial charge in [-0.2, -0.15) is 0 Å². The molecule has 3 rings (SSSR count). The molecule has 1 fully saturated rings. The van der Waals surface area contributed by atoms with Crippen molar-refractivity contribution in [1.82, 2.24) is 0 Å². The van der Waals surface area contributed by atoms with Gasteiger partial charge in [0.2, 0.25) is 0 Å². The van der Waals surface area contributed by atoms with Crippen LogP contribution < -0.4 is 4.74 Å². The van der Waals surface area contributed by atoms with E-state index in [0.717, 1.165) is 31.6 Å². The second kappa shape index (κ2) is 5.98. The number of hydrogen-bond acceptors (Lipinski definition) is 2. The minimum Gasteiger partial charge on any atom is -0.487 e. The molecule has 0 radical (unpaired) electrons. The minimum absolute atomic E-state index is 0.164. The van der Waals surface area contributed by atoms with Crippen LogP contribution >= 0.6 is 0 Å². The van der Waals surface area contributed by atoms with Crippen LogP contribution in [0.2, 0.25) is 0 Å². The first-order chi connectivity index (χ1) is 10.8.